The second-order valence-corrected chi connectivity index (χ2v) is 4.48. The predicted molar refractivity (Wildman–Crippen MR) is 79.1 cm³/mol. The molecule has 2 heteroatoms. The highest BCUT2D eigenvalue weighted by Crippen LogP contribution is 2.32. The minimum atomic E-state index is 0.527. The summed E-state index contributed by atoms with van der Waals surface area (Å²) in [5.41, 5.74) is 7.84. The van der Waals surface area contributed by atoms with E-state index >= 15 is 0 Å². The van der Waals surface area contributed by atoms with Crippen molar-refractivity contribution in [1.82, 2.24) is 0 Å². The third kappa shape index (κ3) is 2.38. The molecule has 0 amide bonds. The largest absolute Gasteiger partial charge is 0.486 e. The lowest BCUT2D eigenvalue weighted by Crippen LogP contribution is -1.99. The Morgan fingerprint density at radius 2 is 1.53 bits per heavy atom. The van der Waals surface area contributed by atoms with Gasteiger partial charge in [-0.25, -0.2) is 0 Å². The van der Waals surface area contributed by atoms with E-state index in [1.807, 2.05) is 60.7 Å². The highest BCUT2D eigenvalue weighted by atomic mass is 16.5. The first-order valence-corrected chi connectivity index (χ1v) is 6.28. The van der Waals surface area contributed by atoms with Gasteiger partial charge >= 0.3 is 0 Å². The second kappa shape index (κ2) is 5.02. The summed E-state index contributed by atoms with van der Waals surface area (Å²) in [7, 11) is 0. The summed E-state index contributed by atoms with van der Waals surface area (Å²) in [6, 6.07) is 22.1. The average Bonchev–Trinajstić information content (AvgIpc) is 2.47. The van der Waals surface area contributed by atoms with E-state index in [1.54, 1.807) is 0 Å². The Morgan fingerprint density at radius 3 is 2.37 bits per heavy atom. The smallest absolute Gasteiger partial charge is 0.150 e. The van der Waals surface area contributed by atoms with Gasteiger partial charge in [0.2, 0.25) is 0 Å². The van der Waals surface area contributed by atoms with E-state index in [0.29, 0.717) is 12.3 Å². The lowest BCUT2D eigenvalue weighted by atomic mass is 10.1. The summed E-state index contributed by atoms with van der Waals surface area (Å²) in [5.74, 6) is 0.766. The van der Waals surface area contributed by atoms with Crippen molar-refractivity contribution in [3.63, 3.8) is 0 Å². The van der Waals surface area contributed by atoms with Crippen LogP contribution in [0.15, 0.2) is 66.7 Å². The minimum absolute atomic E-state index is 0.527. The summed E-state index contributed by atoms with van der Waals surface area (Å²) in [6.07, 6.45) is 0. The van der Waals surface area contributed by atoms with Crippen LogP contribution in [-0.4, -0.2) is 0 Å². The molecule has 0 aliphatic heterocycles. The molecule has 0 aliphatic rings. The van der Waals surface area contributed by atoms with Crippen LogP contribution in [0.25, 0.3) is 10.8 Å². The molecule has 94 valence electrons. The quantitative estimate of drug-likeness (QED) is 0.712. The molecule has 2 nitrogen and oxygen atoms in total. The van der Waals surface area contributed by atoms with Crippen LogP contribution in [0.2, 0.25) is 0 Å². The van der Waals surface area contributed by atoms with Crippen LogP contribution >= 0.6 is 0 Å². The molecule has 0 spiro atoms. The molecule has 0 saturated carbocycles. The maximum absolute atomic E-state index is 6.03. The Labute approximate surface area is 112 Å². The van der Waals surface area contributed by atoms with Crippen LogP contribution in [-0.2, 0) is 6.61 Å². The molecular weight excluding hydrogens is 234 g/mol. The second-order valence-electron chi connectivity index (χ2n) is 4.48. The van der Waals surface area contributed by atoms with Crippen molar-refractivity contribution in [2.45, 2.75) is 6.61 Å². The number of ether oxygens (including phenoxy) is 1. The number of hydrogen-bond donors (Lipinski definition) is 1. The van der Waals surface area contributed by atoms with Crippen LogP contribution in [0.5, 0.6) is 5.75 Å². The van der Waals surface area contributed by atoms with Gasteiger partial charge in [0, 0.05) is 5.39 Å². The Balaban J connectivity index is 1.94. The summed E-state index contributed by atoms with van der Waals surface area (Å²) >= 11 is 0. The van der Waals surface area contributed by atoms with E-state index in [2.05, 4.69) is 6.07 Å². The minimum Gasteiger partial charge on any atom is -0.486 e. The monoisotopic (exact) mass is 249 g/mol. The number of fused-ring (bicyclic) bond motifs is 1. The summed E-state index contributed by atoms with van der Waals surface area (Å²) in [6.45, 7) is 0.527. The van der Waals surface area contributed by atoms with E-state index < -0.39 is 0 Å². The molecule has 0 heterocycles. The third-order valence-electron chi connectivity index (χ3n) is 3.14. The molecule has 0 radical (unpaired) electrons. The normalized spacial score (nSPS) is 10.5. The maximum atomic E-state index is 6.03. The first kappa shape index (κ1) is 11.6. The maximum Gasteiger partial charge on any atom is 0.150 e. The van der Waals surface area contributed by atoms with E-state index in [-0.39, 0.29) is 0 Å². The zero-order valence-electron chi connectivity index (χ0n) is 10.5. The van der Waals surface area contributed by atoms with E-state index in [1.165, 1.54) is 0 Å². The van der Waals surface area contributed by atoms with Gasteiger partial charge in [-0.3, -0.25) is 0 Å². The molecule has 0 atom stereocenters. The van der Waals surface area contributed by atoms with Gasteiger partial charge in [-0.15, -0.1) is 0 Å². The van der Waals surface area contributed by atoms with Gasteiger partial charge in [0.1, 0.15) is 6.61 Å². The summed E-state index contributed by atoms with van der Waals surface area (Å²) < 4.78 is 5.91. The highest BCUT2D eigenvalue weighted by molar-refractivity contribution is 5.92. The average molecular weight is 249 g/mol. The van der Waals surface area contributed by atoms with E-state index in [4.69, 9.17) is 10.5 Å². The molecule has 2 N–H and O–H groups in total. The number of benzene rings is 3. The van der Waals surface area contributed by atoms with E-state index in [9.17, 15) is 0 Å². The zero-order valence-corrected chi connectivity index (χ0v) is 10.5. The van der Waals surface area contributed by atoms with Gasteiger partial charge in [-0.05, 0) is 17.0 Å². The van der Waals surface area contributed by atoms with Crippen LogP contribution in [0.1, 0.15) is 5.56 Å². The molecule has 3 aromatic carbocycles. The first-order chi connectivity index (χ1) is 9.34. The number of nitrogens with two attached hydrogens (primary N) is 1. The van der Waals surface area contributed by atoms with Crippen LogP contribution < -0.4 is 10.5 Å². The third-order valence-corrected chi connectivity index (χ3v) is 3.14. The van der Waals surface area contributed by atoms with Crippen molar-refractivity contribution < 1.29 is 4.74 Å². The number of nitrogen functional groups attached to an aromatic ring is 1. The molecule has 19 heavy (non-hydrogen) atoms. The molecule has 0 saturated heterocycles. The molecule has 0 aliphatic carbocycles. The molecule has 3 aromatic rings. The van der Waals surface area contributed by atoms with Crippen molar-refractivity contribution in [2.75, 3.05) is 5.73 Å². The fourth-order valence-corrected chi connectivity index (χ4v) is 2.15. The molecule has 0 fully saturated rings. The van der Waals surface area contributed by atoms with Gasteiger partial charge in [0.25, 0.3) is 0 Å². The lowest BCUT2D eigenvalue weighted by molar-refractivity contribution is 0.312. The van der Waals surface area contributed by atoms with Gasteiger partial charge in [0.15, 0.2) is 5.75 Å². The molecule has 0 unspecified atom stereocenters. The van der Waals surface area contributed by atoms with Crippen LogP contribution in [0.3, 0.4) is 0 Å². The van der Waals surface area contributed by atoms with Gasteiger partial charge in [0.05, 0.1) is 5.69 Å². The Bertz CT molecular complexity index is 692. The number of hydrogen-bond acceptors (Lipinski definition) is 2. The van der Waals surface area contributed by atoms with Crippen molar-refractivity contribution >= 4 is 16.5 Å². The topological polar surface area (TPSA) is 35.2 Å². The first-order valence-electron chi connectivity index (χ1n) is 6.28. The van der Waals surface area contributed by atoms with Gasteiger partial charge in [-0.1, -0.05) is 60.7 Å². The summed E-state index contributed by atoms with van der Waals surface area (Å²) in [5, 5.41) is 2.19. The zero-order chi connectivity index (χ0) is 13.1. The fourth-order valence-electron chi connectivity index (χ4n) is 2.15. The fraction of sp³-hybridized carbons (Fsp3) is 0.0588. The van der Waals surface area contributed by atoms with Crippen LogP contribution in [0.4, 0.5) is 5.69 Å². The van der Waals surface area contributed by atoms with Crippen molar-refractivity contribution in [1.29, 1.82) is 0 Å². The van der Waals surface area contributed by atoms with Crippen molar-refractivity contribution in [3.8, 4) is 5.75 Å². The van der Waals surface area contributed by atoms with Gasteiger partial charge in [-0.2, -0.15) is 0 Å². The SMILES string of the molecule is Nc1ccc2ccccc2c1OCc1ccccc1. The lowest BCUT2D eigenvalue weighted by Gasteiger charge is -2.12. The Hall–Kier alpha value is -2.48. The predicted octanol–water partition coefficient (Wildman–Crippen LogP) is 4.00. The Morgan fingerprint density at radius 1 is 0.789 bits per heavy atom. The van der Waals surface area contributed by atoms with E-state index in [0.717, 1.165) is 22.1 Å². The molecule has 0 bridgehead atoms. The molecular formula is C17H15NO. The standard InChI is InChI=1S/C17H15NO/c18-16-11-10-14-8-4-5-9-15(14)17(16)19-12-13-6-2-1-3-7-13/h1-11H,12,18H2. The molecule has 3 rings (SSSR count). The number of rotatable bonds is 3. The number of anilines is 1. The van der Waals surface area contributed by atoms with Crippen molar-refractivity contribution in [2.24, 2.45) is 0 Å². The highest BCUT2D eigenvalue weighted by Gasteiger charge is 2.06. The summed E-state index contributed by atoms with van der Waals surface area (Å²) in [4.78, 5) is 0. The molecule has 0 aromatic heterocycles. The Kier molecular flexibility index (Phi) is 3.07. The van der Waals surface area contributed by atoms with Crippen LogP contribution in [0, 0.1) is 0 Å². The van der Waals surface area contributed by atoms with Crippen molar-refractivity contribution in [3.05, 3.63) is 72.3 Å². The van der Waals surface area contributed by atoms with Gasteiger partial charge < -0.3 is 10.5 Å².